The Morgan fingerprint density at radius 2 is 1.36 bits per heavy atom. The summed E-state index contributed by atoms with van der Waals surface area (Å²) in [6, 6.07) is 28.4. The molecule has 0 atom stereocenters. The van der Waals surface area contributed by atoms with Crippen LogP contribution in [0.25, 0.3) is 16.8 Å². The molecule has 0 bridgehead atoms. The number of fused-ring (bicyclic) bond motifs is 3. The van der Waals surface area contributed by atoms with Crippen molar-refractivity contribution >= 4 is 40.0 Å². The molecule has 0 radical (unpaired) electrons. The van der Waals surface area contributed by atoms with Gasteiger partial charge in [-0.05, 0) is 59.3 Å². The van der Waals surface area contributed by atoms with Crippen LogP contribution < -0.4 is 29.0 Å². The van der Waals surface area contributed by atoms with Crippen LogP contribution in [0.4, 0.5) is 5.69 Å². The van der Waals surface area contributed by atoms with Crippen molar-refractivity contribution in [1.82, 2.24) is 0 Å². The van der Waals surface area contributed by atoms with Gasteiger partial charge in [-0.15, -0.1) is 0 Å². The number of halogens is 1. The lowest BCUT2D eigenvalue weighted by Gasteiger charge is -2.37. The Bertz CT molecular complexity index is 1840. The van der Waals surface area contributed by atoms with Gasteiger partial charge in [0.1, 0.15) is 28.7 Å². The zero-order valence-electron chi connectivity index (χ0n) is 24.6. The molecule has 5 aromatic carbocycles. The van der Waals surface area contributed by atoms with Crippen LogP contribution in [-0.2, 0) is 5.60 Å². The lowest BCUT2D eigenvalue weighted by atomic mass is 9.82. The Morgan fingerprint density at radius 3 is 1.95 bits per heavy atom. The number of ether oxygens (including phenoxy) is 5. The van der Waals surface area contributed by atoms with Gasteiger partial charge in [0.15, 0.2) is 5.60 Å². The van der Waals surface area contributed by atoms with Crippen molar-refractivity contribution in [2.75, 3.05) is 33.8 Å². The summed E-state index contributed by atoms with van der Waals surface area (Å²) in [5.41, 5.74) is 2.19. The van der Waals surface area contributed by atoms with Crippen molar-refractivity contribution < 1.29 is 28.5 Å². The van der Waals surface area contributed by atoms with E-state index < -0.39 is 5.60 Å². The minimum Gasteiger partial charge on any atom is -0.497 e. The van der Waals surface area contributed by atoms with Crippen LogP contribution in [0.1, 0.15) is 27.0 Å². The van der Waals surface area contributed by atoms with E-state index in [1.807, 2.05) is 91.0 Å². The second-order valence-electron chi connectivity index (χ2n) is 10.2. The molecule has 1 amide bonds. The third-order valence-corrected chi connectivity index (χ3v) is 8.09. The first-order chi connectivity index (χ1) is 21.4. The molecule has 0 aliphatic carbocycles. The quantitative estimate of drug-likeness (QED) is 0.192. The molecule has 0 spiro atoms. The molecule has 1 heterocycles. The highest BCUT2D eigenvalue weighted by molar-refractivity contribution is 6.32. The summed E-state index contributed by atoms with van der Waals surface area (Å²) in [6.07, 6.45) is 4.05. The molecule has 8 heteroatoms. The number of nitrogens with one attached hydrogen (secondary N) is 1. The molecule has 7 nitrogen and oxygen atoms in total. The molecule has 0 saturated heterocycles. The molecular formula is C36H30ClNO6. The molecule has 0 unspecified atom stereocenters. The van der Waals surface area contributed by atoms with E-state index in [0.29, 0.717) is 33.5 Å². The maximum absolute atomic E-state index is 14.1. The predicted molar refractivity (Wildman–Crippen MR) is 173 cm³/mol. The van der Waals surface area contributed by atoms with Gasteiger partial charge >= 0.3 is 0 Å². The molecule has 1 aliphatic heterocycles. The number of anilines is 1. The number of methoxy groups -OCH3 is 4. The molecule has 0 fully saturated rings. The van der Waals surface area contributed by atoms with Crippen LogP contribution in [0.2, 0.25) is 5.02 Å². The van der Waals surface area contributed by atoms with Crippen molar-refractivity contribution in [2.24, 2.45) is 0 Å². The van der Waals surface area contributed by atoms with E-state index in [1.165, 1.54) is 14.2 Å². The highest BCUT2D eigenvalue weighted by Crippen LogP contribution is 2.47. The average Bonchev–Trinajstić information content (AvgIpc) is 3.07. The van der Waals surface area contributed by atoms with Gasteiger partial charge in [-0.2, -0.15) is 0 Å². The van der Waals surface area contributed by atoms with Crippen LogP contribution in [0, 0.1) is 0 Å². The summed E-state index contributed by atoms with van der Waals surface area (Å²) in [5, 5.41) is 5.17. The van der Waals surface area contributed by atoms with Crippen molar-refractivity contribution in [3.05, 3.63) is 124 Å². The van der Waals surface area contributed by atoms with Crippen molar-refractivity contribution in [2.45, 2.75) is 5.60 Å². The van der Waals surface area contributed by atoms with E-state index in [2.05, 4.69) is 5.32 Å². The minimum absolute atomic E-state index is 0.335. The fourth-order valence-electron chi connectivity index (χ4n) is 5.50. The Balaban J connectivity index is 1.53. The Morgan fingerprint density at radius 1 is 0.750 bits per heavy atom. The molecule has 222 valence electrons. The molecule has 1 N–H and O–H groups in total. The highest BCUT2D eigenvalue weighted by atomic mass is 35.5. The van der Waals surface area contributed by atoms with E-state index in [1.54, 1.807) is 26.4 Å². The van der Waals surface area contributed by atoms with E-state index in [9.17, 15) is 4.79 Å². The normalized spacial score (nSPS) is 13.0. The lowest BCUT2D eigenvalue weighted by Crippen LogP contribution is -2.35. The number of carbonyl (C=O) groups excluding carboxylic acids is 1. The third-order valence-electron chi connectivity index (χ3n) is 7.79. The summed E-state index contributed by atoms with van der Waals surface area (Å²) >= 11 is 6.41. The fourth-order valence-corrected chi connectivity index (χ4v) is 5.74. The number of hydrogen-bond donors (Lipinski definition) is 1. The van der Waals surface area contributed by atoms with Gasteiger partial charge in [0.2, 0.25) is 0 Å². The number of rotatable bonds is 8. The van der Waals surface area contributed by atoms with Crippen molar-refractivity contribution in [3.63, 3.8) is 0 Å². The van der Waals surface area contributed by atoms with Crippen LogP contribution in [0.5, 0.6) is 28.7 Å². The number of amides is 1. The number of benzene rings is 5. The molecule has 0 aromatic heterocycles. The topological polar surface area (TPSA) is 75.3 Å². The van der Waals surface area contributed by atoms with Crippen molar-refractivity contribution in [1.29, 1.82) is 0 Å². The second kappa shape index (κ2) is 11.9. The molecule has 0 saturated carbocycles. The Kier molecular flexibility index (Phi) is 7.80. The van der Waals surface area contributed by atoms with Gasteiger partial charge in [-0.1, -0.05) is 60.1 Å². The van der Waals surface area contributed by atoms with E-state index >= 15 is 0 Å². The number of hydrogen-bond acceptors (Lipinski definition) is 6. The summed E-state index contributed by atoms with van der Waals surface area (Å²) in [6.45, 7) is 0. The lowest BCUT2D eigenvalue weighted by molar-refractivity contribution is 0.101. The van der Waals surface area contributed by atoms with Gasteiger partial charge in [0.05, 0.1) is 44.7 Å². The highest BCUT2D eigenvalue weighted by Gasteiger charge is 2.39. The standard InChI is InChI=1S/C36H30ClNO6/c1-40-25-13-9-23(10-14-25)36(24-11-15-26(41-2)16-12-24)18-17-28-27-8-6-5-7-22(27)19-29(34(28)44-36)35(39)38-31-20-30(37)32(42-3)21-33(31)43-4/h5-21H,1-4H3,(H,38,39). The van der Waals surface area contributed by atoms with Gasteiger partial charge in [0, 0.05) is 22.8 Å². The first-order valence-corrected chi connectivity index (χ1v) is 14.2. The second-order valence-corrected chi connectivity index (χ2v) is 10.6. The van der Waals surface area contributed by atoms with Crippen LogP contribution in [0.15, 0.2) is 97.1 Å². The smallest absolute Gasteiger partial charge is 0.259 e. The Hall–Kier alpha value is -5.14. The summed E-state index contributed by atoms with van der Waals surface area (Å²) < 4.78 is 28.7. The Labute approximate surface area is 260 Å². The first-order valence-electron chi connectivity index (χ1n) is 13.9. The summed E-state index contributed by atoms with van der Waals surface area (Å²) in [4.78, 5) is 14.1. The van der Waals surface area contributed by atoms with Gasteiger partial charge in [-0.25, -0.2) is 0 Å². The van der Waals surface area contributed by atoms with Gasteiger partial charge in [0.25, 0.3) is 5.91 Å². The van der Waals surface area contributed by atoms with Gasteiger partial charge < -0.3 is 29.0 Å². The monoisotopic (exact) mass is 607 g/mol. The molecule has 1 aliphatic rings. The fraction of sp³-hybridized carbons (Fsp3) is 0.139. The largest absolute Gasteiger partial charge is 0.497 e. The maximum Gasteiger partial charge on any atom is 0.259 e. The van der Waals surface area contributed by atoms with Crippen LogP contribution >= 0.6 is 11.6 Å². The summed E-state index contributed by atoms with van der Waals surface area (Å²) in [5.74, 6) is 2.32. The molecule has 6 rings (SSSR count). The van der Waals surface area contributed by atoms with Gasteiger partial charge in [-0.3, -0.25) is 4.79 Å². The number of carbonyl (C=O) groups is 1. The zero-order valence-corrected chi connectivity index (χ0v) is 25.4. The van der Waals surface area contributed by atoms with Crippen LogP contribution in [0.3, 0.4) is 0 Å². The predicted octanol–water partition coefficient (Wildman–Crippen LogP) is 8.13. The first kappa shape index (κ1) is 29.0. The average molecular weight is 608 g/mol. The SMILES string of the molecule is COc1ccc(C2(c3ccc(OC)cc3)C=Cc3c(c(C(=O)Nc4cc(Cl)c(OC)cc4OC)cc4ccccc34)O2)cc1. The van der Waals surface area contributed by atoms with Crippen LogP contribution in [-0.4, -0.2) is 34.3 Å². The zero-order chi connectivity index (χ0) is 30.8. The molecular weight excluding hydrogens is 578 g/mol. The van der Waals surface area contributed by atoms with E-state index in [0.717, 1.165) is 39.0 Å². The maximum atomic E-state index is 14.1. The molecule has 5 aromatic rings. The summed E-state index contributed by atoms with van der Waals surface area (Å²) in [7, 11) is 6.29. The minimum atomic E-state index is -1.07. The van der Waals surface area contributed by atoms with Crippen molar-refractivity contribution in [3.8, 4) is 28.7 Å². The van der Waals surface area contributed by atoms with E-state index in [4.69, 9.17) is 35.3 Å². The van der Waals surface area contributed by atoms with E-state index in [-0.39, 0.29) is 5.91 Å². The third kappa shape index (κ3) is 5.05. The molecule has 44 heavy (non-hydrogen) atoms.